The van der Waals surface area contributed by atoms with Crippen molar-refractivity contribution in [2.75, 3.05) is 0 Å². The van der Waals surface area contributed by atoms with Crippen LogP contribution in [0, 0.1) is 0 Å². The van der Waals surface area contributed by atoms with E-state index in [2.05, 4.69) is 4.98 Å². The number of carbonyl (C=O) groups excluding carboxylic acids is 1. The number of rotatable bonds is 1. The van der Waals surface area contributed by atoms with Crippen LogP contribution in [-0.2, 0) is 21.1 Å². The smallest absolute Gasteiger partial charge is 1.00 e. The molecular weight excluding hydrogens is 410 g/mol. The van der Waals surface area contributed by atoms with Crippen molar-refractivity contribution in [1.82, 2.24) is 17.3 Å². The first-order valence-electron chi connectivity index (χ1n) is 2.50. The van der Waals surface area contributed by atoms with Gasteiger partial charge in [-0.1, -0.05) is 0 Å². The van der Waals surface area contributed by atoms with Crippen molar-refractivity contribution in [1.29, 1.82) is 0 Å². The number of pyridine rings is 1. The van der Waals surface area contributed by atoms with Gasteiger partial charge in [0, 0.05) is 12.4 Å². The molecule has 1 aromatic heterocycles. The monoisotopic (exact) mass is 421 g/mol. The fraction of sp³-hybridized carbons (Fsp3) is 0. The van der Waals surface area contributed by atoms with Crippen LogP contribution < -0.4 is 42.8 Å². The van der Waals surface area contributed by atoms with Gasteiger partial charge < -0.3 is 42.8 Å². The fourth-order valence-corrected chi connectivity index (χ4v) is 0.509. The standard InChI is InChI=1S/C6H6N2O.2ClH.2H3N.Pt/c7-6(9)5-2-1-3-8-4-5;;;;;/h1-4H,(H2,7,9);2*1H;2*1H3;/q;;;;;+4/p-2. The predicted molar refractivity (Wildman–Crippen MR) is 42.8 cm³/mol. The average molecular weight is 422 g/mol. The third-order valence-electron chi connectivity index (χ3n) is 0.946. The molecule has 0 aliphatic rings. The Bertz CT molecular complexity index is 224. The minimum absolute atomic E-state index is 0. The molecule has 0 fully saturated rings. The second kappa shape index (κ2) is 15.3. The summed E-state index contributed by atoms with van der Waals surface area (Å²) < 4.78 is 0. The van der Waals surface area contributed by atoms with Gasteiger partial charge in [0.2, 0.25) is 5.91 Å². The maximum Gasteiger partial charge on any atom is 4.00 e. The summed E-state index contributed by atoms with van der Waals surface area (Å²) in [4.78, 5) is 14.1. The van der Waals surface area contributed by atoms with E-state index in [9.17, 15) is 4.79 Å². The summed E-state index contributed by atoms with van der Waals surface area (Å²) in [5, 5.41) is 0. The van der Waals surface area contributed by atoms with Crippen LogP contribution in [0.1, 0.15) is 10.4 Å². The molecule has 0 saturated carbocycles. The number of aromatic nitrogens is 1. The van der Waals surface area contributed by atoms with Crippen molar-refractivity contribution in [3.8, 4) is 0 Å². The Morgan fingerprint density at radius 3 is 2.00 bits per heavy atom. The molecule has 0 aliphatic heterocycles. The Labute approximate surface area is 109 Å². The van der Waals surface area contributed by atoms with Crippen molar-refractivity contribution in [2.45, 2.75) is 0 Å². The van der Waals surface area contributed by atoms with E-state index in [1.165, 1.54) is 6.20 Å². The zero-order valence-electron chi connectivity index (χ0n) is 7.23. The molecule has 0 aromatic carbocycles. The van der Waals surface area contributed by atoms with Crippen LogP contribution >= 0.6 is 0 Å². The van der Waals surface area contributed by atoms with Crippen LogP contribution in [-0.4, -0.2) is 10.9 Å². The number of hydrogen-bond acceptors (Lipinski definition) is 4. The number of primary amides is 1. The summed E-state index contributed by atoms with van der Waals surface area (Å²) in [6.45, 7) is 0. The van der Waals surface area contributed by atoms with Gasteiger partial charge in [-0.2, -0.15) is 0 Å². The van der Waals surface area contributed by atoms with Gasteiger partial charge in [0.05, 0.1) is 5.56 Å². The van der Waals surface area contributed by atoms with E-state index >= 15 is 0 Å². The van der Waals surface area contributed by atoms with Crippen LogP contribution in [0.15, 0.2) is 24.5 Å². The van der Waals surface area contributed by atoms with E-state index in [1.54, 1.807) is 18.3 Å². The zero-order chi connectivity index (χ0) is 6.69. The summed E-state index contributed by atoms with van der Waals surface area (Å²) in [6.07, 6.45) is 3.02. The van der Waals surface area contributed by atoms with Crippen LogP contribution in [0.2, 0.25) is 0 Å². The van der Waals surface area contributed by atoms with Crippen LogP contribution in [0.25, 0.3) is 0 Å². The Morgan fingerprint density at radius 1 is 1.29 bits per heavy atom. The maximum atomic E-state index is 10.4. The second-order valence-electron chi connectivity index (χ2n) is 1.61. The SMILES string of the molecule is N.N.NC(=O)c1cccnc1.[Cl-].[Cl-].[Pt+4]. The molecule has 0 spiro atoms. The van der Waals surface area contributed by atoms with Gasteiger partial charge in [0.15, 0.2) is 0 Å². The number of hydrogen-bond donors (Lipinski definition) is 3. The van der Waals surface area contributed by atoms with Gasteiger partial charge in [-0.3, -0.25) is 9.78 Å². The molecule has 1 aromatic rings. The number of nitrogens with two attached hydrogens (primary N) is 1. The molecule has 0 bridgehead atoms. The predicted octanol–water partition coefficient (Wildman–Crippen LogP) is -5.49. The summed E-state index contributed by atoms with van der Waals surface area (Å²) in [5.74, 6) is -0.442. The molecular formula is C6H12Cl2N4OPt+2. The molecule has 1 heterocycles. The minimum Gasteiger partial charge on any atom is -1.00 e. The van der Waals surface area contributed by atoms with Crippen molar-refractivity contribution in [2.24, 2.45) is 5.73 Å². The first-order chi connectivity index (χ1) is 4.30. The molecule has 1 rings (SSSR count). The number of amides is 1. The number of carbonyl (C=O) groups is 1. The van der Waals surface area contributed by atoms with Crippen molar-refractivity contribution >= 4 is 5.91 Å². The Balaban J connectivity index is -0.0000000540. The first kappa shape index (κ1) is 29.2. The van der Waals surface area contributed by atoms with E-state index in [1.807, 2.05) is 0 Å². The summed E-state index contributed by atoms with van der Waals surface area (Å²) in [5.41, 5.74) is 5.38. The fourth-order valence-electron chi connectivity index (χ4n) is 0.509. The average Bonchev–Trinajstić information content (AvgIpc) is 1.90. The van der Waals surface area contributed by atoms with Gasteiger partial charge in [0.25, 0.3) is 0 Å². The molecule has 0 atom stereocenters. The Kier molecular flexibility index (Phi) is 31.9. The molecule has 0 unspecified atom stereocenters. The Morgan fingerprint density at radius 2 is 1.79 bits per heavy atom. The van der Waals surface area contributed by atoms with Gasteiger partial charge in [0.1, 0.15) is 0 Å². The normalized spacial score (nSPS) is 5.71. The third kappa shape index (κ3) is 9.89. The van der Waals surface area contributed by atoms with E-state index in [0.29, 0.717) is 5.56 Å². The quantitative estimate of drug-likeness (QED) is 0.418. The second-order valence-corrected chi connectivity index (χ2v) is 1.61. The molecule has 14 heavy (non-hydrogen) atoms. The summed E-state index contributed by atoms with van der Waals surface area (Å²) >= 11 is 0. The van der Waals surface area contributed by atoms with Gasteiger partial charge >= 0.3 is 21.1 Å². The number of nitrogens with zero attached hydrogens (tertiary/aromatic N) is 1. The van der Waals surface area contributed by atoms with E-state index < -0.39 is 5.91 Å². The van der Waals surface area contributed by atoms with E-state index in [4.69, 9.17) is 5.73 Å². The molecule has 8 N–H and O–H groups in total. The molecule has 8 heteroatoms. The Hall–Kier alpha value is -0.192. The maximum absolute atomic E-state index is 10.4. The third-order valence-corrected chi connectivity index (χ3v) is 0.946. The largest absolute Gasteiger partial charge is 4.00 e. The van der Waals surface area contributed by atoms with E-state index in [0.717, 1.165) is 0 Å². The van der Waals surface area contributed by atoms with Crippen molar-refractivity contribution < 1.29 is 50.7 Å². The zero-order valence-corrected chi connectivity index (χ0v) is 11.0. The van der Waals surface area contributed by atoms with Crippen molar-refractivity contribution in [3.63, 3.8) is 0 Å². The summed E-state index contributed by atoms with van der Waals surface area (Å²) in [7, 11) is 0. The van der Waals surface area contributed by atoms with Crippen LogP contribution in [0.5, 0.6) is 0 Å². The van der Waals surface area contributed by atoms with Crippen LogP contribution in [0.4, 0.5) is 0 Å². The number of halogens is 2. The van der Waals surface area contributed by atoms with Crippen LogP contribution in [0.3, 0.4) is 0 Å². The van der Waals surface area contributed by atoms with Gasteiger partial charge in [-0.05, 0) is 12.1 Å². The van der Waals surface area contributed by atoms with Gasteiger partial charge in [-0.15, -0.1) is 0 Å². The molecule has 84 valence electrons. The molecule has 0 radical (unpaired) electrons. The summed E-state index contributed by atoms with van der Waals surface area (Å²) in [6, 6.07) is 3.29. The van der Waals surface area contributed by atoms with Gasteiger partial charge in [-0.25, -0.2) is 0 Å². The van der Waals surface area contributed by atoms with Crippen molar-refractivity contribution in [3.05, 3.63) is 30.1 Å². The molecule has 0 saturated heterocycles. The topological polar surface area (TPSA) is 126 Å². The minimum atomic E-state index is -0.442. The molecule has 1 amide bonds. The van der Waals surface area contributed by atoms with E-state index in [-0.39, 0.29) is 58.2 Å². The molecule has 5 nitrogen and oxygen atoms in total. The molecule has 0 aliphatic carbocycles. The first-order valence-corrected chi connectivity index (χ1v) is 2.50.